The smallest absolute Gasteiger partial charge is 0.248 e. The molecule has 1 spiro atoms. The number of hydrogen-bond donors (Lipinski definition) is 1. The molecular formula is C15H24N2O3. The molecule has 3 fully saturated rings. The van der Waals surface area contributed by atoms with E-state index >= 15 is 0 Å². The van der Waals surface area contributed by atoms with Crippen LogP contribution in [0.5, 0.6) is 0 Å². The number of ether oxygens (including phenoxy) is 1. The number of carbonyl (C=O) groups excluding carboxylic acids is 2. The van der Waals surface area contributed by atoms with Crippen LogP contribution >= 0.6 is 0 Å². The Hall–Kier alpha value is -1.10. The molecule has 1 N–H and O–H groups in total. The molecule has 2 atom stereocenters. The van der Waals surface area contributed by atoms with Crippen molar-refractivity contribution in [2.24, 2.45) is 0 Å². The van der Waals surface area contributed by atoms with Gasteiger partial charge in [-0.2, -0.15) is 0 Å². The molecule has 2 unspecified atom stereocenters. The minimum Gasteiger partial charge on any atom is -0.376 e. The average Bonchev–Trinajstić information content (AvgIpc) is 3.04. The first-order valence-corrected chi connectivity index (χ1v) is 7.84. The van der Waals surface area contributed by atoms with Crippen LogP contribution in [0.2, 0.25) is 0 Å². The first-order valence-electron chi connectivity index (χ1n) is 7.84. The molecule has 112 valence electrons. The fourth-order valence-corrected chi connectivity index (χ4v) is 3.81. The van der Waals surface area contributed by atoms with Crippen molar-refractivity contribution in [2.45, 2.75) is 69.6 Å². The molecule has 1 aliphatic carbocycles. The summed E-state index contributed by atoms with van der Waals surface area (Å²) in [6.45, 7) is 3.40. The van der Waals surface area contributed by atoms with Gasteiger partial charge in [0.05, 0.1) is 6.10 Å². The minimum atomic E-state index is -0.625. The van der Waals surface area contributed by atoms with E-state index in [2.05, 4.69) is 5.32 Å². The zero-order chi connectivity index (χ0) is 14.2. The van der Waals surface area contributed by atoms with Crippen molar-refractivity contribution in [1.82, 2.24) is 10.2 Å². The third-order valence-electron chi connectivity index (χ3n) is 4.94. The molecule has 0 aromatic heterocycles. The Morgan fingerprint density at radius 1 is 1.30 bits per heavy atom. The highest BCUT2D eigenvalue weighted by Crippen LogP contribution is 2.34. The summed E-state index contributed by atoms with van der Waals surface area (Å²) in [5.41, 5.74) is -0.625. The predicted molar refractivity (Wildman–Crippen MR) is 74.1 cm³/mol. The minimum absolute atomic E-state index is 0.0163. The lowest BCUT2D eigenvalue weighted by atomic mass is 9.95. The maximum Gasteiger partial charge on any atom is 0.248 e. The molecule has 0 aromatic rings. The van der Waals surface area contributed by atoms with Crippen molar-refractivity contribution in [2.75, 3.05) is 13.2 Å². The van der Waals surface area contributed by atoms with Gasteiger partial charge in [-0.3, -0.25) is 9.59 Å². The Balaban J connectivity index is 1.81. The highest BCUT2D eigenvalue weighted by Gasteiger charge is 2.48. The van der Waals surface area contributed by atoms with Crippen LogP contribution in [-0.4, -0.2) is 47.6 Å². The van der Waals surface area contributed by atoms with Gasteiger partial charge in [-0.25, -0.2) is 0 Å². The highest BCUT2D eigenvalue weighted by molar-refractivity contribution is 5.94. The maximum absolute atomic E-state index is 13.0. The van der Waals surface area contributed by atoms with Gasteiger partial charge in [0.25, 0.3) is 0 Å². The van der Waals surface area contributed by atoms with Gasteiger partial charge in [-0.05, 0) is 32.6 Å². The normalized spacial score (nSPS) is 33.5. The third kappa shape index (κ3) is 2.43. The van der Waals surface area contributed by atoms with E-state index in [0.717, 1.165) is 45.1 Å². The van der Waals surface area contributed by atoms with Crippen molar-refractivity contribution in [3.8, 4) is 0 Å². The van der Waals surface area contributed by atoms with Crippen LogP contribution in [-0.2, 0) is 14.3 Å². The molecule has 1 saturated carbocycles. The molecule has 0 aromatic carbocycles. The van der Waals surface area contributed by atoms with E-state index in [1.807, 2.05) is 11.8 Å². The third-order valence-corrected chi connectivity index (χ3v) is 4.94. The van der Waals surface area contributed by atoms with Crippen molar-refractivity contribution in [1.29, 1.82) is 0 Å². The van der Waals surface area contributed by atoms with E-state index in [9.17, 15) is 9.59 Å². The summed E-state index contributed by atoms with van der Waals surface area (Å²) in [5.74, 6) is 0.131. The van der Waals surface area contributed by atoms with Gasteiger partial charge in [0.15, 0.2) is 0 Å². The fraction of sp³-hybridized carbons (Fsp3) is 0.867. The molecule has 5 nitrogen and oxygen atoms in total. The number of carbonyl (C=O) groups is 2. The molecule has 2 saturated heterocycles. The quantitative estimate of drug-likeness (QED) is 0.827. The fourth-order valence-electron chi connectivity index (χ4n) is 3.81. The van der Waals surface area contributed by atoms with Crippen molar-refractivity contribution in [3.05, 3.63) is 0 Å². The second-order valence-corrected chi connectivity index (χ2v) is 6.48. The van der Waals surface area contributed by atoms with Crippen molar-refractivity contribution >= 4 is 11.8 Å². The molecule has 0 bridgehead atoms. The van der Waals surface area contributed by atoms with E-state index in [1.54, 1.807) is 0 Å². The average molecular weight is 280 g/mol. The summed E-state index contributed by atoms with van der Waals surface area (Å²) < 4.78 is 5.67. The second kappa shape index (κ2) is 5.35. The highest BCUT2D eigenvalue weighted by atomic mass is 16.5. The molecule has 20 heavy (non-hydrogen) atoms. The molecule has 0 radical (unpaired) electrons. The lowest BCUT2D eigenvalue weighted by molar-refractivity contribution is -0.141. The van der Waals surface area contributed by atoms with Crippen LogP contribution in [0.3, 0.4) is 0 Å². The van der Waals surface area contributed by atoms with Crippen LogP contribution in [0.1, 0.15) is 51.9 Å². The summed E-state index contributed by atoms with van der Waals surface area (Å²) >= 11 is 0. The second-order valence-electron chi connectivity index (χ2n) is 6.48. The number of nitrogens with one attached hydrogen (secondary N) is 1. The maximum atomic E-state index is 13.0. The van der Waals surface area contributed by atoms with Crippen LogP contribution < -0.4 is 5.32 Å². The van der Waals surface area contributed by atoms with Gasteiger partial charge in [0.2, 0.25) is 11.8 Å². The molecule has 5 heteroatoms. The number of amides is 2. The van der Waals surface area contributed by atoms with E-state index in [4.69, 9.17) is 4.74 Å². The van der Waals surface area contributed by atoms with Gasteiger partial charge in [-0.15, -0.1) is 0 Å². The zero-order valence-electron chi connectivity index (χ0n) is 12.2. The van der Waals surface area contributed by atoms with Gasteiger partial charge in [-0.1, -0.05) is 12.8 Å². The molecule has 2 heterocycles. The SMILES string of the molecule is CC1CC(=O)NC2(CCCC2)C(=O)N1CC1CCCO1. The van der Waals surface area contributed by atoms with Crippen LogP contribution in [0.25, 0.3) is 0 Å². The Bertz CT molecular complexity index is 398. The summed E-state index contributed by atoms with van der Waals surface area (Å²) in [5, 5.41) is 3.02. The Kier molecular flexibility index (Phi) is 3.71. The first kappa shape index (κ1) is 13.9. The number of nitrogens with zero attached hydrogens (tertiary/aromatic N) is 1. The van der Waals surface area contributed by atoms with Gasteiger partial charge in [0.1, 0.15) is 5.54 Å². The Labute approximate surface area is 120 Å². The molecular weight excluding hydrogens is 256 g/mol. The van der Waals surface area contributed by atoms with E-state index in [0.29, 0.717) is 13.0 Å². The lowest BCUT2D eigenvalue weighted by Crippen LogP contribution is -2.57. The Morgan fingerprint density at radius 2 is 2.05 bits per heavy atom. The monoisotopic (exact) mass is 280 g/mol. The van der Waals surface area contributed by atoms with Crippen LogP contribution in [0.15, 0.2) is 0 Å². The first-order chi connectivity index (χ1) is 9.61. The lowest BCUT2D eigenvalue weighted by Gasteiger charge is -2.35. The van der Waals surface area contributed by atoms with E-state index in [-0.39, 0.29) is 24.0 Å². The summed E-state index contributed by atoms with van der Waals surface area (Å²) in [6, 6.07) is -0.0355. The standard InChI is InChI=1S/C15H24N2O3/c1-11-9-13(18)16-15(6-2-3-7-15)14(19)17(11)10-12-5-4-8-20-12/h11-12H,2-10H2,1H3,(H,16,18). The summed E-state index contributed by atoms with van der Waals surface area (Å²) in [4.78, 5) is 26.9. The summed E-state index contributed by atoms with van der Waals surface area (Å²) in [7, 11) is 0. The molecule has 3 aliphatic rings. The van der Waals surface area contributed by atoms with Crippen molar-refractivity contribution < 1.29 is 14.3 Å². The topological polar surface area (TPSA) is 58.6 Å². The van der Waals surface area contributed by atoms with E-state index < -0.39 is 5.54 Å². The van der Waals surface area contributed by atoms with Gasteiger partial charge < -0.3 is 15.0 Å². The van der Waals surface area contributed by atoms with Crippen LogP contribution in [0.4, 0.5) is 0 Å². The van der Waals surface area contributed by atoms with Crippen molar-refractivity contribution in [3.63, 3.8) is 0 Å². The number of hydrogen-bond acceptors (Lipinski definition) is 3. The van der Waals surface area contributed by atoms with Gasteiger partial charge >= 0.3 is 0 Å². The van der Waals surface area contributed by atoms with E-state index in [1.165, 1.54) is 0 Å². The number of rotatable bonds is 2. The predicted octanol–water partition coefficient (Wildman–Crippen LogP) is 1.22. The molecule has 2 amide bonds. The van der Waals surface area contributed by atoms with Gasteiger partial charge in [0, 0.05) is 25.6 Å². The summed E-state index contributed by atoms with van der Waals surface area (Å²) in [6.07, 6.45) is 6.25. The zero-order valence-corrected chi connectivity index (χ0v) is 12.2. The molecule has 2 aliphatic heterocycles. The van der Waals surface area contributed by atoms with Crippen LogP contribution in [0, 0.1) is 0 Å². The molecule has 3 rings (SSSR count). The Morgan fingerprint density at radius 3 is 2.70 bits per heavy atom. The largest absolute Gasteiger partial charge is 0.376 e.